The van der Waals surface area contributed by atoms with Crippen LogP contribution in [0.2, 0.25) is 0 Å². The summed E-state index contributed by atoms with van der Waals surface area (Å²) in [6.45, 7) is 7.08. The lowest BCUT2D eigenvalue weighted by molar-refractivity contribution is -0.159. The molecule has 2 N–H and O–H groups in total. The van der Waals surface area contributed by atoms with Crippen LogP contribution in [0.5, 0.6) is 0 Å². The lowest BCUT2D eigenvalue weighted by Crippen LogP contribution is -2.55. The van der Waals surface area contributed by atoms with Crippen LogP contribution in [0.4, 0.5) is 13.2 Å². The van der Waals surface area contributed by atoms with Gasteiger partial charge in [0.15, 0.2) is 0 Å². The number of carbonyl (C=O) groups excluding carboxylic acids is 2. The molecular weight excluding hydrogens is 373 g/mol. The van der Waals surface area contributed by atoms with Gasteiger partial charge in [0.25, 0.3) is 0 Å². The van der Waals surface area contributed by atoms with E-state index >= 15 is 0 Å². The highest BCUT2D eigenvalue weighted by Crippen LogP contribution is 2.15. The second-order valence-electron chi connectivity index (χ2n) is 8.00. The van der Waals surface area contributed by atoms with Crippen molar-refractivity contribution in [2.45, 2.75) is 64.9 Å². The number of alkyl halides is 3. The molecule has 0 saturated heterocycles. The van der Waals surface area contributed by atoms with Crippen molar-refractivity contribution in [3.05, 3.63) is 35.9 Å². The first-order valence-corrected chi connectivity index (χ1v) is 9.16. The van der Waals surface area contributed by atoms with E-state index in [9.17, 15) is 22.8 Å². The summed E-state index contributed by atoms with van der Waals surface area (Å²) in [5.74, 6) is -1.72. The molecule has 0 aliphatic heterocycles. The largest absolute Gasteiger partial charge is 0.458 e. The molecule has 2 atom stereocenters. The van der Waals surface area contributed by atoms with E-state index in [1.807, 2.05) is 6.07 Å². The van der Waals surface area contributed by atoms with Crippen LogP contribution in [0.3, 0.4) is 0 Å². The summed E-state index contributed by atoms with van der Waals surface area (Å²) >= 11 is 0. The van der Waals surface area contributed by atoms with E-state index in [0.717, 1.165) is 5.56 Å². The number of esters is 1. The summed E-state index contributed by atoms with van der Waals surface area (Å²) in [4.78, 5) is 25.2. The Balaban J connectivity index is 2.95. The fourth-order valence-corrected chi connectivity index (χ4v) is 2.53. The van der Waals surface area contributed by atoms with E-state index in [1.54, 1.807) is 58.9 Å². The number of amides is 1. The molecule has 0 radical (unpaired) electrons. The molecule has 0 bridgehead atoms. The highest BCUT2D eigenvalue weighted by Gasteiger charge is 2.34. The summed E-state index contributed by atoms with van der Waals surface area (Å²) in [6, 6.07) is 6.90. The minimum atomic E-state index is -4.44. The number of nitrogens with one attached hydrogen (secondary N) is 2. The van der Waals surface area contributed by atoms with Crippen molar-refractivity contribution in [3.8, 4) is 0 Å². The number of hydrogen-bond donors (Lipinski definition) is 2. The highest BCUT2D eigenvalue weighted by molar-refractivity contribution is 5.88. The topological polar surface area (TPSA) is 67.4 Å². The van der Waals surface area contributed by atoms with E-state index in [4.69, 9.17) is 4.74 Å². The Hall–Kier alpha value is -2.09. The molecule has 1 amide bonds. The first kappa shape index (κ1) is 23.9. The average molecular weight is 402 g/mol. The van der Waals surface area contributed by atoms with Crippen LogP contribution in [0, 0.1) is 5.92 Å². The quantitative estimate of drug-likeness (QED) is 0.655. The van der Waals surface area contributed by atoms with Crippen LogP contribution >= 0.6 is 0 Å². The van der Waals surface area contributed by atoms with Gasteiger partial charge in [0, 0.05) is 6.42 Å². The maximum absolute atomic E-state index is 12.6. The fourth-order valence-electron chi connectivity index (χ4n) is 2.53. The number of carbonyl (C=O) groups is 2. The SMILES string of the molecule is CC(C)[C@H](NCC(F)(F)F)C(=O)N[C@@H](Cc1ccccc1)C(=O)OC(C)(C)C. The van der Waals surface area contributed by atoms with Crippen LogP contribution < -0.4 is 10.6 Å². The van der Waals surface area contributed by atoms with E-state index < -0.39 is 48.2 Å². The fraction of sp³-hybridized carbons (Fsp3) is 0.600. The molecule has 158 valence electrons. The Morgan fingerprint density at radius 2 is 1.64 bits per heavy atom. The van der Waals surface area contributed by atoms with Crippen LogP contribution in [0.15, 0.2) is 30.3 Å². The first-order chi connectivity index (χ1) is 12.8. The van der Waals surface area contributed by atoms with Crippen molar-refractivity contribution < 1.29 is 27.5 Å². The Morgan fingerprint density at radius 1 is 1.07 bits per heavy atom. The molecule has 1 aromatic carbocycles. The van der Waals surface area contributed by atoms with Gasteiger partial charge in [-0.2, -0.15) is 13.2 Å². The summed E-state index contributed by atoms with van der Waals surface area (Å²) in [5, 5.41) is 4.79. The van der Waals surface area contributed by atoms with Gasteiger partial charge in [-0.3, -0.25) is 10.1 Å². The molecule has 28 heavy (non-hydrogen) atoms. The summed E-state index contributed by atoms with van der Waals surface area (Å²) in [6.07, 6.45) is -4.27. The number of rotatable bonds is 8. The van der Waals surface area contributed by atoms with E-state index in [1.165, 1.54) is 0 Å². The van der Waals surface area contributed by atoms with Crippen molar-refractivity contribution in [2.75, 3.05) is 6.54 Å². The number of hydrogen-bond acceptors (Lipinski definition) is 4. The van der Waals surface area contributed by atoms with Gasteiger partial charge in [-0.1, -0.05) is 44.2 Å². The minimum absolute atomic E-state index is 0.172. The molecule has 1 rings (SSSR count). The van der Waals surface area contributed by atoms with Crippen LogP contribution in [0.1, 0.15) is 40.2 Å². The monoisotopic (exact) mass is 402 g/mol. The van der Waals surface area contributed by atoms with Gasteiger partial charge in [0.2, 0.25) is 5.91 Å². The van der Waals surface area contributed by atoms with Gasteiger partial charge in [-0.05, 0) is 32.3 Å². The normalized spacial score (nSPS) is 14.5. The standard InChI is InChI=1S/C20H29F3N2O3/c1-13(2)16(24-12-20(21,22)23)17(26)25-15(18(27)28-19(3,4)5)11-14-9-7-6-8-10-14/h6-10,13,15-16,24H,11-12H2,1-5H3,(H,25,26)/t15-,16-/m0/s1. The number of halogens is 3. The third-order valence-corrected chi connectivity index (χ3v) is 3.76. The lowest BCUT2D eigenvalue weighted by Gasteiger charge is -2.28. The van der Waals surface area contributed by atoms with E-state index in [0.29, 0.717) is 0 Å². The zero-order chi connectivity index (χ0) is 21.5. The van der Waals surface area contributed by atoms with Crippen LogP contribution in [-0.2, 0) is 20.7 Å². The Labute approximate surface area is 164 Å². The van der Waals surface area contributed by atoms with Gasteiger partial charge in [0.1, 0.15) is 11.6 Å². The molecule has 0 aromatic heterocycles. The molecule has 0 spiro atoms. The zero-order valence-electron chi connectivity index (χ0n) is 16.9. The maximum Gasteiger partial charge on any atom is 0.401 e. The van der Waals surface area contributed by atoms with Crippen molar-refractivity contribution in [3.63, 3.8) is 0 Å². The van der Waals surface area contributed by atoms with Crippen molar-refractivity contribution in [1.29, 1.82) is 0 Å². The van der Waals surface area contributed by atoms with E-state index in [2.05, 4.69) is 10.6 Å². The van der Waals surface area contributed by atoms with E-state index in [-0.39, 0.29) is 6.42 Å². The number of benzene rings is 1. The van der Waals surface area contributed by atoms with Crippen LogP contribution in [-0.4, -0.2) is 42.3 Å². The molecule has 0 aliphatic carbocycles. The van der Waals surface area contributed by atoms with Crippen molar-refractivity contribution in [1.82, 2.24) is 10.6 Å². The second kappa shape index (κ2) is 9.91. The summed E-state index contributed by atoms with van der Waals surface area (Å²) in [5.41, 5.74) is 0.0333. The van der Waals surface area contributed by atoms with Gasteiger partial charge in [-0.25, -0.2) is 4.79 Å². The predicted molar refractivity (Wildman–Crippen MR) is 101 cm³/mol. The molecule has 0 fully saturated rings. The first-order valence-electron chi connectivity index (χ1n) is 9.16. The Morgan fingerprint density at radius 3 is 2.11 bits per heavy atom. The third-order valence-electron chi connectivity index (χ3n) is 3.76. The predicted octanol–water partition coefficient (Wildman–Crippen LogP) is 3.23. The second-order valence-corrected chi connectivity index (χ2v) is 8.00. The van der Waals surface area contributed by atoms with Gasteiger partial charge in [-0.15, -0.1) is 0 Å². The van der Waals surface area contributed by atoms with Crippen LogP contribution in [0.25, 0.3) is 0 Å². The molecular formula is C20H29F3N2O3. The molecule has 0 heterocycles. The molecule has 1 aromatic rings. The molecule has 0 unspecified atom stereocenters. The Bertz CT molecular complexity index is 640. The van der Waals surface area contributed by atoms with Crippen molar-refractivity contribution >= 4 is 11.9 Å². The van der Waals surface area contributed by atoms with Gasteiger partial charge >= 0.3 is 12.1 Å². The average Bonchev–Trinajstić information content (AvgIpc) is 2.52. The molecule has 5 nitrogen and oxygen atoms in total. The number of ether oxygens (including phenoxy) is 1. The molecule has 0 aliphatic rings. The third kappa shape index (κ3) is 9.21. The summed E-state index contributed by atoms with van der Waals surface area (Å²) < 4.78 is 43.0. The molecule has 8 heteroatoms. The smallest absolute Gasteiger partial charge is 0.401 e. The minimum Gasteiger partial charge on any atom is -0.458 e. The van der Waals surface area contributed by atoms with Crippen molar-refractivity contribution in [2.24, 2.45) is 5.92 Å². The molecule has 0 saturated carbocycles. The zero-order valence-corrected chi connectivity index (χ0v) is 16.9. The maximum atomic E-state index is 12.6. The lowest BCUT2D eigenvalue weighted by atomic mass is 10.0. The van der Waals surface area contributed by atoms with Gasteiger partial charge < -0.3 is 10.1 Å². The Kier molecular flexibility index (Phi) is 8.48. The van der Waals surface area contributed by atoms with Gasteiger partial charge in [0.05, 0.1) is 12.6 Å². The summed E-state index contributed by atoms with van der Waals surface area (Å²) in [7, 11) is 0. The highest BCUT2D eigenvalue weighted by atomic mass is 19.4.